The smallest absolute Gasteiger partial charge is 0.303 e. The molecule has 5 rings (SSSR count). The fourth-order valence-electron chi connectivity index (χ4n) is 4.06. The lowest BCUT2D eigenvalue weighted by Crippen LogP contribution is -2.13. The van der Waals surface area contributed by atoms with Crippen LogP contribution in [0.25, 0.3) is 22.6 Å². The molecule has 0 bridgehead atoms. The number of benzene rings is 2. The number of hydrogen-bond acceptors (Lipinski definition) is 6. The second-order valence-electron chi connectivity index (χ2n) is 9.69. The molecule has 0 amide bonds. The predicted octanol–water partition coefficient (Wildman–Crippen LogP) is 6.27. The minimum atomic E-state index is -0.870. The molecule has 1 unspecified atom stereocenters. The fourth-order valence-corrected chi connectivity index (χ4v) is 4.54. The minimum absolute atomic E-state index is 0.00705. The van der Waals surface area contributed by atoms with Crippen LogP contribution in [0.4, 0.5) is 0 Å². The van der Waals surface area contributed by atoms with E-state index in [0.29, 0.717) is 50.8 Å². The highest BCUT2D eigenvalue weighted by molar-refractivity contribution is 6.34. The topological polar surface area (TPSA) is 99.4 Å². The Balaban J connectivity index is 1.58. The largest absolute Gasteiger partial charge is 0.492 e. The van der Waals surface area contributed by atoms with Gasteiger partial charge in [0.2, 0.25) is 5.88 Å². The van der Waals surface area contributed by atoms with E-state index >= 15 is 0 Å². The number of aromatic nitrogens is 4. The summed E-state index contributed by atoms with van der Waals surface area (Å²) in [7, 11) is 0. The summed E-state index contributed by atoms with van der Waals surface area (Å²) in [5, 5.41) is 10.0. The van der Waals surface area contributed by atoms with Crippen molar-refractivity contribution in [1.29, 1.82) is 0 Å². The molecule has 1 fully saturated rings. The number of carbonyl (C=O) groups is 1. The summed E-state index contributed by atoms with van der Waals surface area (Å²) in [5.74, 6) is 0.413. The van der Waals surface area contributed by atoms with E-state index in [1.165, 1.54) is 6.33 Å². The molecule has 1 saturated carbocycles. The molecule has 37 heavy (non-hydrogen) atoms. The molecule has 1 atom stereocenters. The zero-order valence-corrected chi connectivity index (χ0v) is 22.0. The number of nitrogens with zero attached hydrogens (tertiary/aromatic N) is 4. The van der Waals surface area contributed by atoms with Gasteiger partial charge in [0.15, 0.2) is 11.2 Å². The van der Waals surface area contributed by atoms with E-state index in [9.17, 15) is 4.79 Å². The van der Waals surface area contributed by atoms with Crippen molar-refractivity contribution in [2.75, 3.05) is 6.61 Å². The van der Waals surface area contributed by atoms with Crippen molar-refractivity contribution in [3.8, 4) is 23.0 Å². The molecule has 1 aliphatic carbocycles. The van der Waals surface area contributed by atoms with Gasteiger partial charge in [0.05, 0.1) is 24.6 Å². The lowest BCUT2D eigenvalue weighted by molar-refractivity contribution is -0.138. The zero-order valence-electron chi connectivity index (χ0n) is 20.4. The summed E-state index contributed by atoms with van der Waals surface area (Å²) in [4.78, 5) is 24.8. The highest BCUT2D eigenvalue weighted by atomic mass is 35.5. The maximum atomic E-state index is 11.0. The quantitative estimate of drug-likeness (QED) is 0.253. The van der Waals surface area contributed by atoms with Gasteiger partial charge in [0.25, 0.3) is 0 Å². The van der Waals surface area contributed by atoms with Crippen LogP contribution in [0.2, 0.25) is 10.0 Å². The van der Waals surface area contributed by atoms with Gasteiger partial charge < -0.3 is 19.1 Å². The van der Waals surface area contributed by atoms with Crippen LogP contribution in [-0.2, 0) is 11.3 Å². The van der Waals surface area contributed by atoms with Crippen molar-refractivity contribution in [2.24, 2.45) is 5.92 Å². The molecule has 4 aromatic rings. The van der Waals surface area contributed by atoms with Crippen LogP contribution < -0.4 is 9.47 Å². The number of carboxylic acids is 1. The number of carboxylic acid groups (broad SMARTS) is 1. The van der Waals surface area contributed by atoms with Gasteiger partial charge in [-0.25, -0.2) is 9.97 Å². The van der Waals surface area contributed by atoms with E-state index in [1.807, 2.05) is 54.8 Å². The Hall–Kier alpha value is -3.36. The Bertz CT molecular complexity index is 1470. The Kier molecular flexibility index (Phi) is 6.96. The maximum Gasteiger partial charge on any atom is 0.303 e. The van der Waals surface area contributed by atoms with Crippen molar-refractivity contribution < 1.29 is 19.4 Å². The summed E-state index contributed by atoms with van der Waals surface area (Å²) in [6, 6.07) is 13.0. The molecule has 0 aliphatic heterocycles. The van der Waals surface area contributed by atoms with Gasteiger partial charge in [-0.1, -0.05) is 48.3 Å². The third-order valence-electron chi connectivity index (χ3n) is 6.28. The van der Waals surface area contributed by atoms with E-state index < -0.39 is 5.97 Å². The standard InChI is InChI=1S/C27H26Cl2N4O4/c1-16(11-21(34)35)14-36-20-8-4-7-19(22(20)29)24-32-23-25(30-15-31-26(23)37-27(2)9-10-27)33(24)13-17-5-3-6-18(28)12-17/h3-8,12,15-16H,9-11,13-14H2,1-2H3,(H,34,35). The lowest BCUT2D eigenvalue weighted by Gasteiger charge is -2.15. The van der Waals surface area contributed by atoms with Crippen LogP contribution in [0, 0.1) is 5.92 Å². The van der Waals surface area contributed by atoms with Gasteiger partial charge >= 0.3 is 5.97 Å². The van der Waals surface area contributed by atoms with E-state index in [-0.39, 0.29) is 24.5 Å². The molecule has 192 valence electrons. The van der Waals surface area contributed by atoms with E-state index in [1.54, 1.807) is 6.07 Å². The van der Waals surface area contributed by atoms with Gasteiger partial charge in [0.1, 0.15) is 23.5 Å². The number of imidazole rings is 1. The van der Waals surface area contributed by atoms with E-state index in [0.717, 1.165) is 18.4 Å². The van der Waals surface area contributed by atoms with Crippen LogP contribution in [0.5, 0.6) is 11.6 Å². The second kappa shape index (κ2) is 10.2. The molecule has 1 N–H and O–H groups in total. The summed E-state index contributed by atoms with van der Waals surface area (Å²) in [6.07, 6.45) is 3.40. The zero-order chi connectivity index (χ0) is 26.2. The van der Waals surface area contributed by atoms with Crippen LogP contribution in [0.15, 0.2) is 48.8 Å². The first-order valence-electron chi connectivity index (χ1n) is 12.0. The SMILES string of the molecule is CC(COc1cccc(-c2nc3c(OC4(C)CC4)ncnc3n2Cc2cccc(Cl)c2)c1Cl)CC(=O)O. The molecule has 8 nitrogen and oxygen atoms in total. The van der Waals surface area contributed by atoms with Gasteiger partial charge in [-0.05, 0) is 49.6 Å². The molecule has 10 heteroatoms. The first-order valence-corrected chi connectivity index (χ1v) is 12.8. The second-order valence-corrected chi connectivity index (χ2v) is 10.5. The number of ether oxygens (including phenoxy) is 2. The maximum absolute atomic E-state index is 11.0. The average molecular weight is 541 g/mol. The third-order valence-corrected chi connectivity index (χ3v) is 6.90. The van der Waals surface area contributed by atoms with Gasteiger partial charge in [-0.15, -0.1) is 0 Å². The van der Waals surface area contributed by atoms with Crippen LogP contribution in [0.3, 0.4) is 0 Å². The molecular formula is C27H26Cl2N4O4. The number of rotatable bonds is 10. The molecule has 0 saturated heterocycles. The Morgan fingerprint density at radius 2 is 1.97 bits per heavy atom. The number of halogens is 2. The fraction of sp³-hybridized carbons (Fsp3) is 0.333. The first kappa shape index (κ1) is 25.3. The molecule has 2 aromatic carbocycles. The Morgan fingerprint density at radius 1 is 1.19 bits per heavy atom. The van der Waals surface area contributed by atoms with E-state index in [2.05, 4.69) is 9.97 Å². The predicted molar refractivity (Wildman–Crippen MR) is 142 cm³/mol. The van der Waals surface area contributed by atoms with Crippen molar-refractivity contribution >= 4 is 40.3 Å². The highest BCUT2D eigenvalue weighted by Gasteiger charge is 2.41. The highest BCUT2D eigenvalue weighted by Crippen LogP contribution is 2.42. The van der Waals surface area contributed by atoms with Gasteiger partial charge in [0, 0.05) is 16.5 Å². The molecule has 0 spiro atoms. The van der Waals surface area contributed by atoms with Crippen molar-refractivity contribution in [1.82, 2.24) is 19.5 Å². The van der Waals surface area contributed by atoms with Crippen molar-refractivity contribution in [2.45, 2.75) is 45.3 Å². The van der Waals surface area contributed by atoms with Gasteiger partial charge in [-0.2, -0.15) is 4.98 Å². The van der Waals surface area contributed by atoms with Crippen molar-refractivity contribution in [3.63, 3.8) is 0 Å². The number of aliphatic carboxylic acids is 1. The summed E-state index contributed by atoms with van der Waals surface area (Å²) >= 11 is 13.1. The Labute approximate surface area is 224 Å². The minimum Gasteiger partial charge on any atom is -0.492 e. The number of fused-ring (bicyclic) bond motifs is 1. The normalized spacial score (nSPS) is 14.9. The van der Waals surface area contributed by atoms with E-state index in [4.69, 9.17) is 42.8 Å². The van der Waals surface area contributed by atoms with Crippen LogP contribution in [-0.4, -0.2) is 42.8 Å². The summed E-state index contributed by atoms with van der Waals surface area (Å²) in [6.45, 7) is 4.53. The third kappa shape index (κ3) is 5.65. The van der Waals surface area contributed by atoms with Crippen LogP contribution in [0.1, 0.15) is 38.7 Å². The molecule has 2 aromatic heterocycles. The molecular weight excluding hydrogens is 515 g/mol. The lowest BCUT2D eigenvalue weighted by atomic mass is 10.1. The van der Waals surface area contributed by atoms with Gasteiger partial charge in [-0.3, -0.25) is 4.79 Å². The molecule has 0 radical (unpaired) electrons. The monoisotopic (exact) mass is 540 g/mol. The molecule has 1 aliphatic rings. The average Bonchev–Trinajstić information content (AvgIpc) is 3.46. The summed E-state index contributed by atoms with van der Waals surface area (Å²) in [5.41, 5.74) is 2.53. The molecule has 2 heterocycles. The van der Waals surface area contributed by atoms with Crippen molar-refractivity contribution in [3.05, 3.63) is 64.4 Å². The first-order chi connectivity index (χ1) is 17.7. The van der Waals surface area contributed by atoms with Crippen LogP contribution >= 0.6 is 23.2 Å². The Morgan fingerprint density at radius 3 is 2.70 bits per heavy atom. The number of hydrogen-bond donors (Lipinski definition) is 1. The summed E-state index contributed by atoms with van der Waals surface area (Å²) < 4.78 is 14.1.